The maximum absolute atomic E-state index is 15.1. The van der Waals surface area contributed by atoms with E-state index in [4.69, 9.17) is 4.43 Å². The van der Waals surface area contributed by atoms with Gasteiger partial charge in [-0.3, -0.25) is 4.79 Å². The molecule has 0 aliphatic carbocycles. The van der Waals surface area contributed by atoms with E-state index in [1.54, 1.807) is 12.1 Å². The first kappa shape index (κ1) is 38.4. The molecule has 5 aromatic carbocycles. The molecule has 0 aliphatic rings. The highest BCUT2D eigenvalue weighted by Crippen LogP contribution is 2.43. The first-order valence-electron chi connectivity index (χ1n) is 17.1. The van der Waals surface area contributed by atoms with Crippen molar-refractivity contribution in [3.63, 3.8) is 0 Å². The van der Waals surface area contributed by atoms with Crippen LogP contribution < -0.4 is 10.4 Å². The Hall–Kier alpha value is -3.83. The fraction of sp³-hybridized carbons (Fsp3) is 0.262. The van der Waals surface area contributed by atoms with E-state index < -0.39 is 46.9 Å². The van der Waals surface area contributed by atoms with E-state index in [0.29, 0.717) is 5.56 Å². The molecule has 9 heteroatoms. The molecular formula is C42H47NO5S2Si. The molecule has 266 valence electrons. The zero-order valence-corrected chi connectivity index (χ0v) is 32.4. The van der Waals surface area contributed by atoms with Crippen LogP contribution in [0.25, 0.3) is 0 Å². The van der Waals surface area contributed by atoms with E-state index >= 15 is 4.79 Å². The minimum atomic E-state index is -3.72. The van der Waals surface area contributed by atoms with E-state index in [2.05, 4.69) is 45.0 Å². The predicted octanol–water partition coefficient (Wildman–Crippen LogP) is 7.52. The summed E-state index contributed by atoms with van der Waals surface area (Å²) < 4.78 is 35.7. The smallest absolute Gasteiger partial charge is 0.262 e. The van der Waals surface area contributed by atoms with Gasteiger partial charge in [0.15, 0.2) is 0 Å². The van der Waals surface area contributed by atoms with Gasteiger partial charge >= 0.3 is 0 Å². The highest BCUT2D eigenvalue weighted by molar-refractivity contribution is 8.14. The van der Waals surface area contributed by atoms with Crippen LogP contribution in [-0.2, 0) is 25.8 Å². The molecule has 5 rings (SSSR count). The third-order valence-electron chi connectivity index (χ3n) is 9.25. The van der Waals surface area contributed by atoms with Crippen LogP contribution in [0.4, 0.5) is 0 Å². The Morgan fingerprint density at radius 1 is 0.725 bits per heavy atom. The summed E-state index contributed by atoms with van der Waals surface area (Å²) in [5.41, 5.74) is 2.19. The first-order chi connectivity index (χ1) is 24.3. The lowest BCUT2D eigenvalue weighted by molar-refractivity contribution is -0.122. The Bertz CT molecular complexity index is 1900. The van der Waals surface area contributed by atoms with Crippen molar-refractivity contribution in [2.24, 2.45) is 0 Å². The number of thioether (sulfide) groups is 1. The first-order valence-corrected chi connectivity index (χ1v) is 21.7. The Balaban J connectivity index is 1.64. The second-order valence-electron chi connectivity index (χ2n) is 13.9. The number of hydrogen-bond acceptors (Lipinski definition) is 6. The summed E-state index contributed by atoms with van der Waals surface area (Å²) in [7, 11) is -7.05. The predicted molar refractivity (Wildman–Crippen MR) is 212 cm³/mol. The molecule has 0 spiro atoms. The van der Waals surface area contributed by atoms with Gasteiger partial charge in [-0.2, -0.15) is 4.31 Å². The van der Waals surface area contributed by atoms with Crippen molar-refractivity contribution in [3.05, 3.63) is 168 Å². The zero-order valence-electron chi connectivity index (χ0n) is 29.8. The van der Waals surface area contributed by atoms with Crippen molar-refractivity contribution in [1.29, 1.82) is 0 Å². The van der Waals surface area contributed by atoms with Crippen molar-refractivity contribution in [3.8, 4) is 0 Å². The lowest BCUT2D eigenvalue weighted by Gasteiger charge is -2.45. The second-order valence-corrected chi connectivity index (χ2v) is 21.2. The summed E-state index contributed by atoms with van der Waals surface area (Å²) in [5, 5.41) is 12.7. The topological polar surface area (TPSA) is 83.9 Å². The molecule has 0 heterocycles. The van der Waals surface area contributed by atoms with Crippen molar-refractivity contribution in [2.75, 3.05) is 6.26 Å². The molecule has 51 heavy (non-hydrogen) atoms. The van der Waals surface area contributed by atoms with Crippen LogP contribution in [0.15, 0.2) is 152 Å². The normalized spacial score (nSPS) is 14.8. The fourth-order valence-electron chi connectivity index (χ4n) is 6.71. The summed E-state index contributed by atoms with van der Waals surface area (Å²) in [6, 6.07) is 47.5. The van der Waals surface area contributed by atoms with Gasteiger partial charge in [0.2, 0.25) is 15.1 Å². The number of aliphatic hydroxyl groups is 1. The number of carbonyl (C=O) groups excluding carboxylic acids is 1. The summed E-state index contributed by atoms with van der Waals surface area (Å²) in [6.07, 6.45) is -1.38. The third-order valence-corrected chi connectivity index (χ3v) is 17.0. The Labute approximate surface area is 308 Å². The number of nitrogens with zero attached hydrogens (tertiary/aromatic N) is 1. The molecule has 5 aromatic rings. The molecule has 1 N–H and O–H groups in total. The number of sulfonamides is 1. The van der Waals surface area contributed by atoms with Crippen molar-refractivity contribution >= 4 is 45.6 Å². The van der Waals surface area contributed by atoms with Gasteiger partial charge < -0.3 is 9.53 Å². The van der Waals surface area contributed by atoms with Crippen LogP contribution in [0.5, 0.6) is 0 Å². The molecule has 0 radical (unpaired) electrons. The van der Waals surface area contributed by atoms with Gasteiger partial charge in [0, 0.05) is 12.6 Å². The Morgan fingerprint density at radius 3 is 1.57 bits per heavy atom. The monoisotopic (exact) mass is 737 g/mol. The average molecular weight is 738 g/mol. The highest BCUT2D eigenvalue weighted by atomic mass is 32.2. The molecule has 0 aliphatic heterocycles. The molecule has 4 atom stereocenters. The molecule has 0 fully saturated rings. The summed E-state index contributed by atoms with van der Waals surface area (Å²) in [5.74, 6) is 0. The lowest BCUT2D eigenvalue weighted by Crippen LogP contribution is -2.68. The molecule has 6 nitrogen and oxygen atoms in total. The quantitative estimate of drug-likeness (QED) is 0.119. The van der Waals surface area contributed by atoms with Gasteiger partial charge in [-0.25, -0.2) is 8.42 Å². The summed E-state index contributed by atoms with van der Waals surface area (Å²) in [4.78, 5) is 15.1. The van der Waals surface area contributed by atoms with Crippen molar-refractivity contribution in [1.82, 2.24) is 4.31 Å². The van der Waals surface area contributed by atoms with Crippen LogP contribution in [0.1, 0.15) is 55.7 Å². The largest absolute Gasteiger partial charge is 0.394 e. The van der Waals surface area contributed by atoms with E-state index in [0.717, 1.165) is 33.3 Å². The molecular weight excluding hydrogens is 691 g/mol. The van der Waals surface area contributed by atoms with Crippen molar-refractivity contribution in [2.45, 2.75) is 62.8 Å². The van der Waals surface area contributed by atoms with Crippen LogP contribution in [-0.4, -0.2) is 49.7 Å². The minimum absolute atomic E-state index is 0.146. The fourth-order valence-corrected chi connectivity index (χ4v) is 13.8. The van der Waals surface area contributed by atoms with Crippen LogP contribution >= 0.6 is 11.8 Å². The Morgan fingerprint density at radius 2 is 1.14 bits per heavy atom. The number of hydrogen-bond donors (Lipinski definition) is 1. The van der Waals surface area contributed by atoms with Gasteiger partial charge in [0.1, 0.15) is 12.2 Å². The zero-order chi connectivity index (χ0) is 36.6. The molecule has 0 saturated carbocycles. The van der Waals surface area contributed by atoms with Crippen LogP contribution in [0, 0.1) is 0 Å². The molecule has 0 bridgehead atoms. The summed E-state index contributed by atoms with van der Waals surface area (Å²) >= 11 is 1.03. The van der Waals surface area contributed by atoms with Crippen molar-refractivity contribution < 1.29 is 22.7 Å². The number of aliphatic hydroxyl groups excluding tert-OH is 1. The van der Waals surface area contributed by atoms with E-state index in [-0.39, 0.29) is 11.7 Å². The third kappa shape index (κ3) is 8.98. The number of benzene rings is 5. The maximum atomic E-state index is 15.1. The Kier molecular flexibility index (Phi) is 12.6. The standard InChI is InChI=1S/C42H47NO5S2Si/c1-32(43(50(5,46)47)31-33-21-11-6-12-22-33)40(35-25-15-8-16-26-35)49-41(45)39(38(44)34-23-13-7-14-24-34)48-51(42(2,3)4,36-27-17-9-18-28-36)37-29-19-10-20-30-37/h6-30,32,38-40,44H,31H2,1-5H3/t32-,38-,39-,40-/m1/s1. The molecule has 0 saturated heterocycles. The molecule has 0 amide bonds. The number of carbonyl (C=O) groups is 1. The SMILES string of the molecule is C[C@H]([C@@H](SC(=O)[C@H](O[Si](c1ccccc1)(c1ccccc1)C(C)(C)C)[C@H](O)c1ccccc1)c1ccccc1)N(Cc1ccccc1)S(C)(=O)=O. The maximum Gasteiger partial charge on any atom is 0.262 e. The highest BCUT2D eigenvalue weighted by Gasteiger charge is 2.53. The van der Waals surface area contributed by atoms with Gasteiger partial charge in [-0.1, -0.05) is 184 Å². The minimum Gasteiger partial charge on any atom is -0.394 e. The van der Waals surface area contributed by atoms with Crippen LogP contribution in [0.3, 0.4) is 0 Å². The van der Waals surface area contributed by atoms with E-state index in [1.165, 1.54) is 10.6 Å². The van der Waals surface area contributed by atoms with E-state index in [1.807, 2.05) is 122 Å². The molecule has 0 unspecified atom stereocenters. The second kappa shape index (κ2) is 16.7. The van der Waals surface area contributed by atoms with Gasteiger partial charge in [-0.15, -0.1) is 0 Å². The van der Waals surface area contributed by atoms with Gasteiger partial charge in [-0.05, 0) is 39.0 Å². The van der Waals surface area contributed by atoms with Crippen LogP contribution in [0.2, 0.25) is 5.04 Å². The lowest BCUT2D eigenvalue weighted by atomic mass is 10.1. The van der Waals surface area contributed by atoms with Gasteiger partial charge in [0.25, 0.3) is 8.32 Å². The number of rotatable bonds is 14. The summed E-state index contributed by atoms with van der Waals surface area (Å²) in [6.45, 7) is 8.38. The molecule has 0 aromatic heterocycles. The average Bonchev–Trinajstić information content (AvgIpc) is 3.13. The van der Waals surface area contributed by atoms with E-state index in [9.17, 15) is 13.5 Å². The van der Waals surface area contributed by atoms with Gasteiger partial charge in [0.05, 0.1) is 11.5 Å².